The lowest BCUT2D eigenvalue weighted by molar-refractivity contribution is 0.843. The highest BCUT2D eigenvalue weighted by Gasteiger charge is 2.11. The van der Waals surface area contributed by atoms with Crippen LogP contribution in [0.25, 0.3) is 5.69 Å². The van der Waals surface area contributed by atoms with Crippen LogP contribution in [0.1, 0.15) is 11.3 Å². The van der Waals surface area contributed by atoms with Crippen LogP contribution in [0.2, 0.25) is 5.02 Å². The third-order valence-electron chi connectivity index (χ3n) is 2.21. The van der Waals surface area contributed by atoms with Crippen LogP contribution < -0.4 is 0 Å². The van der Waals surface area contributed by atoms with Crippen LogP contribution in [0.4, 0.5) is 0 Å². The summed E-state index contributed by atoms with van der Waals surface area (Å²) in [4.78, 5) is 0. The molecule has 15 heavy (non-hydrogen) atoms. The second-order valence-electron chi connectivity index (χ2n) is 3.44. The Labute approximate surface area is 107 Å². The number of nitrogens with zero attached hydrogens (tertiary/aromatic N) is 2. The van der Waals surface area contributed by atoms with Crippen LogP contribution in [0.3, 0.4) is 0 Å². The first-order valence-electron chi connectivity index (χ1n) is 4.57. The first-order chi connectivity index (χ1) is 7.09. The van der Waals surface area contributed by atoms with Gasteiger partial charge in [-0.1, -0.05) is 29.3 Å². The molecule has 0 aliphatic rings. The van der Waals surface area contributed by atoms with Crippen molar-refractivity contribution >= 4 is 34.2 Å². The van der Waals surface area contributed by atoms with Crippen LogP contribution >= 0.6 is 34.2 Å². The van der Waals surface area contributed by atoms with Crippen molar-refractivity contribution < 1.29 is 0 Å². The lowest BCUT2D eigenvalue weighted by Gasteiger charge is -2.03. The van der Waals surface area contributed by atoms with Gasteiger partial charge in [-0.2, -0.15) is 5.10 Å². The molecule has 0 radical (unpaired) electrons. The van der Waals surface area contributed by atoms with Crippen molar-refractivity contribution in [3.8, 4) is 5.69 Å². The monoisotopic (exact) mass is 332 g/mol. The Hall–Kier alpha value is -0.550. The van der Waals surface area contributed by atoms with E-state index in [2.05, 4.69) is 46.7 Å². The molecule has 0 saturated heterocycles. The smallest absolute Gasteiger partial charge is 0.124 e. The van der Waals surface area contributed by atoms with Gasteiger partial charge in [0.25, 0.3) is 0 Å². The van der Waals surface area contributed by atoms with Crippen molar-refractivity contribution in [2.24, 2.45) is 0 Å². The van der Waals surface area contributed by atoms with Gasteiger partial charge in [-0.15, -0.1) is 0 Å². The first kappa shape index (κ1) is 11.0. The Morgan fingerprint density at radius 1 is 1.20 bits per heavy atom. The minimum atomic E-state index is 0.733. The summed E-state index contributed by atoms with van der Waals surface area (Å²) in [6, 6.07) is 8.22. The molecule has 0 N–H and O–H groups in total. The molecule has 0 saturated carbocycles. The molecule has 1 heterocycles. The molecule has 4 heteroatoms. The van der Waals surface area contributed by atoms with E-state index in [-0.39, 0.29) is 0 Å². The molecule has 0 aliphatic carbocycles. The largest absolute Gasteiger partial charge is 0.226 e. The number of hydrogen-bond acceptors (Lipinski definition) is 1. The summed E-state index contributed by atoms with van der Waals surface area (Å²) in [5.74, 6) is 0. The van der Waals surface area contributed by atoms with Crippen LogP contribution in [-0.2, 0) is 0 Å². The van der Waals surface area contributed by atoms with Crippen molar-refractivity contribution in [3.05, 3.63) is 44.2 Å². The topological polar surface area (TPSA) is 17.8 Å². The maximum atomic E-state index is 6.09. The van der Waals surface area contributed by atoms with Gasteiger partial charge in [-0.3, -0.25) is 0 Å². The lowest BCUT2D eigenvalue weighted by Crippen LogP contribution is -1.98. The van der Waals surface area contributed by atoms with Crippen molar-refractivity contribution in [3.63, 3.8) is 0 Å². The normalized spacial score (nSPS) is 10.7. The standard InChI is InChI=1S/C11H10ClIN2/c1-7-3-5-9(6-4-7)15-11(13)10(12)8(2)14-15/h3-6H,1-2H3. The number of hydrogen-bond donors (Lipinski definition) is 0. The predicted molar refractivity (Wildman–Crippen MR) is 70.8 cm³/mol. The van der Waals surface area contributed by atoms with Gasteiger partial charge in [0.05, 0.1) is 16.4 Å². The van der Waals surface area contributed by atoms with Gasteiger partial charge in [-0.05, 0) is 48.6 Å². The third-order valence-corrected chi connectivity index (χ3v) is 3.98. The number of halogens is 2. The minimum Gasteiger partial charge on any atom is -0.226 e. The molecule has 1 aromatic carbocycles. The predicted octanol–water partition coefficient (Wildman–Crippen LogP) is 3.75. The highest BCUT2D eigenvalue weighted by molar-refractivity contribution is 14.1. The molecule has 2 rings (SSSR count). The number of rotatable bonds is 1. The van der Waals surface area contributed by atoms with Gasteiger partial charge in [0.15, 0.2) is 0 Å². The van der Waals surface area contributed by atoms with E-state index >= 15 is 0 Å². The molecule has 0 unspecified atom stereocenters. The van der Waals surface area contributed by atoms with Crippen LogP contribution in [-0.4, -0.2) is 9.78 Å². The highest BCUT2D eigenvalue weighted by Crippen LogP contribution is 2.24. The van der Waals surface area contributed by atoms with Gasteiger partial charge in [0.2, 0.25) is 0 Å². The van der Waals surface area contributed by atoms with Crippen molar-refractivity contribution in [1.29, 1.82) is 0 Å². The fourth-order valence-corrected chi connectivity index (χ4v) is 2.23. The number of benzene rings is 1. The van der Waals surface area contributed by atoms with Crippen molar-refractivity contribution in [1.82, 2.24) is 9.78 Å². The molecule has 0 atom stereocenters. The van der Waals surface area contributed by atoms with E-state index in [0.29, 0.717) is 0 Å². The van der Waals surface area contributed by atoms with E-state index in [1.807, 2.05) is 23.7 Å². The van der Waals surface area contributed by atoms with E-state index in [9.17, 15) is 0 Å². The summed E-state index contributed by atoms with van der Waals surface area (Å²) in [7, 11) is 0. The molecule has 0 bridgehead atoms. The Morgan fingerprint density at radius 2 is 1.80 bits per heavy atom. The van der Waals surface area contributed by atoms with Crippen molar-refractivity contribution in [2.45, 2.75) is 13.8 Å². The second kappa shape index (κ2) is 4.14. The average Bonchev–Trinajstić information content (AvgIpc) is 2.47. The fourth-order valence-electron chi connectivity index (χ4n) is 1.34. The second-order valence-corrected chi connectivity index (χ2v) is 4.84. The SMILES string of the molecule is Cc1ccc(-n2nc(C)c(Cl)c2I)cc1. The summed E-state index contributed by atoms with van der Waals surface area (Å²) in [6.07, 6.45) is 0. The van der Waals surface area contributed by atoms with Gasteiger partial charge in [0.1, 0.15) is 3.70 Å². The zero-order valence-electron chi connectivity index (χ0n) is 8.46. The van der Waals surface area contributed by atoms with E-state index < -0.39 is 0 Å². The molecule has 0 aliphatic heterocycles. The summed E-state index contributed by atoms with van der Waals surface area (Å²) in [5, 5.41) is 5.12. The summed E-state index contributed by atoms with van der Waals surface area (Å²) in [5.41, 5.74) is 3.14. The Kier molecular flexibility index (Phi) is 3.02. The Bertz CT molecular complexity index is 488. The quantitative estimate of drug-likeness (QED) is 0.727. The van der Waals surface area contributed by atoms with Crippen molar-refractivity contribution in [2.75, 3.05) is 0 Å². The molecule has 78 valence electrons. The molecule has 0 fully saturated rings. The number of aromatic nitrogens is 2. The summed E-state index contributed by atoms with van der Waals surface area (Å²) in [6.45, 7) is 3.98. The van der Waals surface area contributed by atoms with Gasteiger partial charge in [0, 0.05) is 0 Å². The van der Waals surface area contributed by atoms with Crippen LogP contribution in [0.5, 0.6) is 0 Å². The lowest BCUT2D eigenvalue weighted by atomic mass is 10.2. The Balaban J connectivity index is 2.54. The molecule has 2 aromatic rings. The summed E-state index contributed by atoms with van der Waals surface area (Å²) >= 11 is 8.30. The first-order valence-corrected chi connectivity index (χ1v) is 6.03. The fraction of sp³-hybridized carbons (Fsp3) is 0.182. The van der Waals surface area contributed by atoms with Crippen LogP contribution in [0, 0.1) is 17.5 Å². The summed E-state index contributed by atoms with van der Waals surface area (Å²) < 4.78 is 2.81. The molecule has 2 nitrogen and oxygen atoms in total. The van der Waals surface area contributed by atoms with E-state index in [0.717, 1.165) is 20.1 Å². The van der Waals surface area contributed by atoms with E-state index in [1.54, 1.807) is 0 Å². The highest BCUT2D eigenvalue weighted by atomic mass is 127. The maximum Gasteiger partial charge on any atom is 0.124 e. The molecule has 1 aromatic heterocycles. The zero-order chi connectivity index (χ0) is 11.0. The number of aryl methyl sites for hydroxylation is 2. The molecule has 0 spiro atoms. The molecule has 0 amide bonds. The zero-order valence-corrected chi connectivity index (χ0v) is 11.4. The van der Waals surface area contributed by atoms with E-state index in [4.69, 9.17) is 11.6 Å². The van der Waals surface area contributed by atoms with Gasteiger partial charge < -0.3 is 0 Å². The molecular weight excluding hydrogens is 322 g/mol. The van der Waals surface area contributed by atoms with E-state index in [1.165, 1.54) is 5.56 Å². The van der Waals surface area contributed by atoms with Gasteiger partial charge >= 0.3 is 0 Å². The Morgan fingerprint density at radius 3 is 2.27 bits per heavy atom. The van der Waals surface area contributed by atoms with Crippen LogP contribution in [0.15, 0.2) is 24.3 Å². The molecular formula is C11H10ClIN2. The van der Waals surface area contributed by atoms with Gasteiger partial charge in [-0.25, -0.2) is 4.68 Å². The average molecular weight is 333 g/mol. The maximum absolute atomic E-state index is 6.09. The third kappa shape index (κ3) is 2.03. The minimum absolute atomic E-state index is 0.733.